The molecular weight excluding hydrogens is 181 g/mol. The van der Waals surface area contributed by atoms with Gasteiger partial charge in [0.1, 0.15) is 5.82 Å². The Hall–Kier alpha value is -0.930. The normalized spacial score (nSPS) is 18.2. The molecule has 0 aromatic heterocycles. The molecule has 14 heavy (non-hydrogen) atoms. The summed E-state index contributed by atoms with van der Waals surface area (Å²) in [5.74, 6) is 4.91. The Balaban J connectivity index is 2.32. The quantitative estimate of drug-likeness (QED) is 0.749. The monoisotopic (exact) mass is 195 g/mol. The van der Waals surface area contributed by atoms with Gasteiger partial charge in [-0.15, -0.1) is 0 Å². The van der Waals surface area contributed by atoms with Gasteiger partial charge in [-0.3, -0.25) is 0 Å². The van der Waals surface area contributed by atoms with Crippen LogP contribution in [0.5, 0.6) is 0 Å². The van der Waals surface area contributed by atoms with E-state index in [2.05, 4.69) is 0 Å². The summed E-state index contributed by atoms with van der Waals surface area (Å²) < 4.78 is 12.9. The topological polar surface area (TPSA) is 35.2 Å². The molecule has 0 heterocycles. The predicted molar refractivity (Wildman–Crippen MR) is 52.2 cm³/mol. The molecule has 1 saturated carbocycles. The second-order valence-corrected chi connectivity index (χ2v) is 4.05. The molecule has 0 amide bonds. The Bertz CT molecular complexity index is 347. The van der Waals surface area contributed by atoms with Crippen LogP contribution in [0.2, 0.25) is 0 Å². The molecular formula is C11H14FNO. The molecule has 2 nitrogen and oxygen atoms in total. The fourth-order valence-corrected chi connectivity index (χ4v) is 2.02. The Morgan fingerprint density at radius 1 is 1.50 bits per heavy atom. The minimum absolute atomic E-state index is 0.0620. The number of benzene rings is 1. The summed E-state index contributed by atoms with van der Waals surface area (Å²) >= 11 is 0. The molecule has 1 aromatic rings. The van der Waals surface area contributed by atoms with Crippen LogP contribution in [-0.4, -0.2) is 6.61 Å². The predicted octanol–water partition coefficient (Wildman–Crippen LogP) is 2.06. The number of hydrogen-bond donors (Lipinski definition) is 1. The number of hydrogen-bond acceptors (Lipinski definition) is 2. The Morgan fingerprint density at radius 3 is 2.71 bits per heavy atom. The molecule has 2 rings (SSSR count). The molecule has 1 fully saturated rings. The summed E-state index contributed by atoms with van der Waals surface area (Å²) in [6.07, 6.45) is 2.16. The van der Waals surface area contributed by atoms with Gasteiger partial charge in [0, 0.05) is 5.41 Å². The fourth-order valence-electron chi connectivity index (χ4n) is 2.02. The zero-order chi connectivity index (χ0) is 10.2. The van der Waals surface area contributed by atoms with E-state index in [4.69, 9.17) is 10.7 Å². The maximum Gasteiger partial charge on any atom is 0.123 e. The third-order valence-electron chi connectivity index (χ3n) is 2.97. The summed E-state index contributed by atoms with van der Waals surface area (Å²) in [5.41, 5.74) is 2.22. The first-order valence-corrected chi connectivity index (χ1v) is 4.76. The zero-order valence-electron chi connectivity index (χ0n) is 8.22. The van der Waals surface area contributed by atoms with Crippen molar-refractivity contribution in [3.63, 3.8) is 0 Å². The lowest BCUT2D eigenvalue weighted by Gasteiger charge is -2.16. The first-order valence-electron chi connectivity index (χ1n) is 4.76. The molecule has 3 heteroatoms. The molecule has 0 atom stereocenters. The third-order valence-corrected chi connectivity index (χ3v) is 2.97. The number of rotatable bonds is 3. The van der Waals surface area contributed by atoms with Gasteiger partial charge in [0.05, 0.1) is 6.61 Å². The number of nitrogens with two attached hydrogens (primary N) is 1. The van der Waals surface area contributed by atoms with Gasteiger partial charge in [0.25, 0.3) is 0 Å². The number of aryl methyl sites for hydroxylation is 1. The van der Waals surface area contributed by atoms with Crippen molar-refractivity contribution in [2.45, 2.75) is 25.2 Å². The van der Waals surface area contributed by atoms with Crippen molar-refractivity contribution >= 4 is 0 Å². The van der Waals surface area contributed by atoms with Crippen LogP contribution >= 0.6 is 0 Å². The van der Waals surface area contributed by atoms with Crippen molar-refractivity contribution in [3.8, 4) is 0 Å². The van der Waals surface area contributed by atoms with Crippen LogP contribution in [0.25, 0.3) is 0 Å². The molecule has 0 saturated heterocycles. The molecule has 1 aliphatic carbocycles. The smallest absolute Gasteiger partial charge is 0.123 e. The van der Waals surface area contributed by atoms with E-state index in [1.54, 1.807) is 6.07 Å². The lowest BCUT2D eigenvalue weighted by molar-refractivity contribution is 0.116. The van der Waals surface area contributed by atoms with Crippen molar-refractivity contribution in [1.29, 1.82) is 0 Å². The van der Waals surface area contributed by atoms with Crippen LogP contribution in [0, 0.1) is 12.7 Å². The van der Waals surface area contributed by atoms with Crippen LogP contribution in [0.4, 0.5) is 4.39 Å². The van der Waals surface area contributed by atoms with Crippen LogP contribution in [-0.2, 0) is 10.3 Å². The van der Waals surface area contributed by atoms with E-state index in [-0.39, 0.29) is 11.2 Å². The summed E-state index contributed by atoms with van der Waals surface area (Å²) in [5, 5.41) is 0. The number of halogens is 1. The van der Waals surface area contributed by atoms with Gasteiger partial charge < -0.3 is 4.84 Å². The molecule has 0 radical (unpaired) electrons. The van der Waals surface area contributed by atoms with E-state index in [0.717, 1.165) is 18.4 Å². The summed E-state index contributed by atoms with van der Waals surface area (Å²) in [6.45, 7) is 2.45. The van der Waals surface area contributed by atoms with Gasteiger partial charge in [-0.1, -0.05) is 6.07 Å². The highest BCUT2D eigenvalue weighted by atomic mass is 19.1. The van der Waals surface area contributed by atoms with E-state index in [0.29, 0.717) is 6.61 Å². The minimum atomic E-state index is -0.185. The third kappa shape index (κ3) is 1.53. The summed E-state index contributed by atoms with van der Waals surface area (Å²) in [4.78, 5) is 4.72. The Kier molecular flexibility index (Phi) is 2.29. The molecule has 0 bridgehead atoms. The van der Waals surface area contributed by atoms with Crippen LogP contribution in [0.15, 0.2) is 18.2 Å². The highest BCUT2D eigenvalue weighted by Gasteiger charge is 2.45. The van der Waals surface area contributed by atoms with E-state index in [1.165, 1.54) is 11.6 Å². The van der Waals surface area contributed by atoms with E-state index in [9.17, 15) is 4.39 Å². The van der Waals surface area contributed by atoms with Crippen molar-refractivity contribution in [2.24, 2.45) is 5.90 Å². The van der Waals surface area contributed by atoms with Crippen LogP contribution < -0.4 is 5.90 Å². The van der Waals surface area contributed by atoms with Gasteiger partial charge in [0.2, 0.25) is 0 Å². The fraction of sp³-hybridized carbons (Fsp3) is 0.455. The van der Waals surface area contributed by atoms with Crippen LogP contribution in [0.3, 0.4) is 0 Å². The highest BCUT2D eigenvalue weighted by molar-refractivity contribution is 5.38. The maximum atomic E-state index is 12.9. The zero-order valence-corrected chi connectivity index (χ0v) is 8.22. The van der Waals surface area contributed by atoms with E-state index < -0.39 is 0 Å². The summed E-state index contributed by atoms with van der Waals surface area (Å²) in [7, 11) is 0. The second-order valence-electron chi connectivity index (χ2n) is 4.05. The molecule has 0 aliphatic heterocycles. The van der Waals surface area contributed by atoms with Gasteiger partial charge >= 0.3 is 0 Å². The first-order chi connectivity index (χ1) is 6.68. The minimum Gasteiger partial charge on any atom is -0.304 e. The molecule has 0 spiro atoms. The highest BCUT2D eigenvalue weighted by Crippen LogP contribution is 2.49. The van der Waals surface area contributed by atoms with Crippen molar-refractivity contribution in [1.82, 2.24) is 0 Å². The Labute approximate surface area is 82.8 Å². The molecule has 0 unspecified atom stereocenters. The van der Waals surface area contributed by atoms with Crippen molar-refractivity contribution < 1.29 is 9.23 Å². The van der Waals surface area contributed by atoms with Crippen molar-refractivity contribution in [2.75, 3.05) is 6.61 Å². The summed E-state index contributed by atoms with van der Waals surface area (Å²) in [6, 6.07) is 4.90. The SMILES string of the molecule is Cc1cc(F)ccc1C1(CON)CC1. The molecule has 1 aliphatic rings. The first kappa shape index (κ1) is 9.62. The van der Waals surface area contributed by atoms with Crippen molar-refractivity contribution in [3.05, 3.63) is 35.1 Å². The van der Waals surface area contributed by atoms with Gasteiger partial charge in [-0.05, 0) is 43.0 Å². The second kappa shape index (κ2) is 3.33. The van der Waals surface area contributed by atoms with E-state index >= 15 is 0 Å². The average molecular weight is 195 g/mol. The van der Waals surface area contributed by atoms with Gasteiger partial charge in [-0.2, -0.15) is 0 Å². The van der Waals surface area contributed by atoms with E-state index in [1.807, 2.05) is 13.0 Å². The Morgan fingerprint density at radius 2 is 2.21 bits per heavy atom. The molecule has 1 aromatic carbocycles. The van der Waals surface area contributed by atoms with Crippen LogP contribution in [0.1, 0.15) is 24.0 Å². The largest absolute Gasteiger partial charge is 0.304 e. The standard InChI is InChI=1S/C11H14FNO/c1-8-6-9(12)2-3-10(8)11(4-5-11)7-14-13/h2-3,6H,4-5,7,13H2,1H3. The van der Waals surface area contributed by atoms with Gasteiger partial charge in [-0.25, -0.2) is 10.3 Å². The van der Waals surface area contributed by atoms with Gasteiger partial charge in [0.15, 0.2) is 0 Å². The maximum absolute atomic E-state index is 12.9. The average Bonchev–Trinajstić information content (AvgIpc) is 2.86. The lowest BCUT2D eigenvalue weighted by Crippen LogP contribution is -2.19. The lowest BCUT2D eigenvalue weighted by atomic mass is 9.93. The molecule has 76 valence electrons. The molecule has 2 N–H and O–H groups in total.